The van der Waals surface area contributed by atoms with Crippen LogP contribution in [0.4, 0.5) is 0 Å². The Morgan fingerprint density at radius 3 is 2.75 bits per heavy atom. The van der Waals surface area contributed by atoms with E-state index in [1.54, 1.807) is 29.5 Å². The molecular formula is C10H14N4OS. The number of hydrogen-bond acceptors (Lipinski definition) is 3. The Bertz CT molecular complexity index is 455. The summed E-state index contributed by atoms with van der Waals surface area (Å²) in [7, 11) is 0. The SMILES string of the molecule is CCCn1c(=O)cc[nH]c1=S.c1c[nH]cn1. The Kier molecular flexibility index (Phi) is 5.21. The molecule has 2 rings (SSSR count). The molecule has 6 heteroatoms. The highest BCUT2D eigenvalue weighted by Crippen LogP contribution is 1.85. The van der Waals surface area contributed by atoms with Gasteiger partial charge in [-0.2, -0.15) is 0 Å². The van der Waals surface area contributed by atoms with Gasteiger partial charge >= 0.3 is 0 Å². The van der Waals surface area contributed by atoms with Gasteiger partial charge < -0.3 is 9.97 Å². The van der Waals surface area contributed by atoms with E-state index in [2.05, 4.69) is 15.0 Å². The summed E-state index contributed by atoms with van der Waals surface area (Å²) in [5.74, 6) is 0. The molecular weight excluding hydrogens is 224 g/mol. The number of aromatic nitrogens is 4. The van der Waals surface area contributed by atoms with Crippen LogP contribution in [0.1, 0.15) is 13.3 Å². The maximum absolute atomic E-state index is 11.1. The minimum Gasteiger partial charge on any atom is -0.351 e. The molecule has 0 aliphatic heterocycles. The third kappa shape index (κ3) is 3.82. The monoisotopic (exact) mass is 238 g/mol. The molecule has 0 saturated carbocycles. The van der Waals surface area contributed by atoms with E-state index < -0.39 is 0 Å². The largest absolute Gasteiger partial charge is 0.351 e. The molecule has 0 fully saturated rings. The van der Waals surface area contributed by atoms with Gasteiger partial charge in [0.25, 0.3) is 5.56 Å². The van der Waals surface area contributed by atoms with Crippen LogP contribution in [-0.4, -0.2) is 19.5 Å². The highest BCUT2D eigenvalue weighted by Gasteiger charge is 1.93. The number of nitrogens with one attached hydrogen (secondary N) is 2. The number of imidazole rings is 1. The van der Waals surface area contributed by atoms with E-state index in [9.17, 15) is 4.79 Å². The van der Waals surface area contributed by atoms with Crippen LogP contribution in [0.5, 0.6) is 0 Å². The van der Waals surface area contributed by atoms with E-state index in [0.717, 1.165) is 6.42 Å². The van der Waals surface area contributed by atoms with E-state index in [1.807, 2.05) is 6.92 Å². The van der Waals surface area contributed by atoms with E-state index in [0.29, 0.717) is 11.3 Å². The lowest BCUT2D eigenvalue weighted by molar-refractivity contribution is 0.630. The molecule has 0 bridgehead atoms. The van der Waals surface area contributed by atoms with Crippen molar-refractivity contribution >= 4 is 12.2 Å². The Balaban J connectivity index is 0.000000212. The summed E-state index contributed by atoms with van der Waals surface area (Å²) >= 11 is 4.91. The van der Waals surface area contributed by atoms with Gasteiger partial charge in [0.2, 0.25) is 0 Å². The summed E-state index contributed by atoms with van der Waals surface area (Å²) in [6.45, 7) is 2.70. The Hall–Kier alpha value is -1.69. The summed E-state index contributed by atoms with van der Waals surface area (Å²) in [5, 5.41) is 0. The predicted molar refractivity (Wildman–Crippen MR) is 64.8 cm³/mol. The van der Waals surface area contributed by atoms with Crippen LogP contribution in [0, 0.1) is 4.77 Å². The molecule has 0 radical (unpaired) electrons. The summed E-state index contributed by atoms with van der Waals surface area (Å²) in [5.41, 5.74) is -0.0319. The molecule has 0 spiro atoms. The Morgan fingerprint density at radius 2 is 2.31 bits per heavy atom. The summed E-state index contributed by atoms with van der Waals surface area (Å²) in [4.78, 5) is 20.3. The van der Waals surface area contributed by atoms with Crippen LogP contribution in [0.25, 0.3) is 0 Å². The van der Waals surface area contributed by atoms with Crippen molar-refractivity contribution in [3.63, 3.8) is 0 Å². The molecule has 2 aromatic rings. The first kappa shape index (κ1) is 12.4. The molecule has 2 N–H and O–H groups in total. The highest BCUT2D eigenvalue weighted by molar-refractivity contribution is 7.71. The van der Waals surface area contributed by atoms with Crippen LogP contribution >= 0.6 is 12.2 Å². The fourth-order valence-electron chi connectivity index (χ4n) is 1.10. The molecule has 0 saturated heterocycles. The number of aromatic amines is 2. The minimum atomic E-state index is -0.0319. The summed E-state index contributed by atoms with van der Waals surface area (Å²) < 4.78 is 2.05. The molecule has 0 unspecified atom stereocenters. The van der Waals surface area contributed by atoms with Crippen LogP contribution in [-0.2, 0) is 6.54 Å². The lowest BCUT2D eigenvalue weighted by atomic mass is 10.5. The first-order valence-corrected chi connectivity index (χ1v) is 5.37. The second kappa shape index (κ2) is 6.73. The van der Waals surface area contributed by atoms with Crippen molar-refractivity contribution < 1.29 is 0 Å². The molecule has 16 heavy (non-hydrogen) atoms. The third-order valence-corrected chi connectivity index (χ3v) is 2.14. The lowest BCUT2D eigenvalue weighted by Gasteiger charge is -2.00. The number of nitrogens with zero attached hydrogens (tertiary/aromatic N) is 2. The van der Waals surface area contributed by atoms with E-state index in [-0.39, 0.29) is 5.56 Å². The van der Waals surface area contributed by atoms with E-state index >= 15 is 0 Å². The van der Waals surface area contributed by atoms with Crippen molar-refractivity contribution in [3.8, 4) is 0 Å². The van der Waals surface area contributed by atoms with Crippen molar-refractivity contribution in [2.45, 2.75) is 19.9 Å². The van der Waals surface area contributed by atoms with Gasteiger partial charge in [0.05, 0.1) is 6.33 Å². The van der Waals surface area contributed by atoms with Gasteiger partial charge in [0.15, 0.2) is 4.77 Å². The van der Waals surface area contributed by atoms with Gasteiger partial charge in [-0.25, -0.2) is 4.98 Å². The lowest BCUT2D eigenvalue weighted by Crippen LogP contribution is -2.19. The van der Waals surface area contributed by atoms with Gasteiger partial charge in [0.1, 0.15) is 0 Å². The summed E-state index contributed by atoms with van der Waals surface area (Å²) in [6.07, 6.45) is 7.57. The maximum atomic E-state index is 11.1. The summed E-state index contributed by atoms with van der Waals surface area (Å²) in [6, 6.07) is 1.48. The molecule has 0 aromatic carbocycles. The fraction of sp³-hybridized carbons (Fsp3) is 0.300. The minimum absolute atomic E-state index is 0.0319. The van der Waals surface area contributed by atoms with Crippen LogP contribution in [0.3, 0.4) is 0 Å². The van der Waals surface area contributed by atoms with Crippen molar-refractivity contribution in [2.75, 3.05) is 0 Å². The van der Waals surface area contributed by atoms with Crippen molar-refractivity contribution in [3.05, 3.63) is 46.1 Å². The molecule has 0 atom stereocenters. The molecule has 5 nitrogen and oxygen atoms in total. The number of H-pyrrole nitrogens is 2. The molecule has 86 valence electrons. The zero-order chi connectivity index (χ0) is 11.8. The zero-order valence-corrected chi connectivity index (χ0v) is 9.83. The molecule has 2 aromatic heterocycles. The first-order valence-electron chi connectivity index (χ1n) is 4.97. The molecule has 0 aliphatic carbocycles. The maximum Gasteiger partial charge on any atom is 0.254 e. The van der Waals surface area contributed by atoms with Gasteiger partial charge in [-0.05, 0) is 18.6 Å². The van der Waals surface area contributed by atoms with Gasteiger partial charge in [0, 0.05) is 31.2 Å². The number of rotatable bonds is 2. The van der Waals surface area contributed by atoms with Gasteiger partial charge in [-0.3, -0.25) is 9.36 Å². The average molecular weight is 238 g/mol. The second-order valence-electron chi connectivity index (χ2n) is 3.03. The van der Waals surface area contributed by atoms with E-state index in [1.165, 1.54) is 6.07 Å². The fourth-order valence-corrected chi connectivity index (χ4v) is 1.35. The first-order chi connectivity index (χ1) is 7.75. The topological polar surface area (TPSA) is 66.5 Å². The molecule has 0 aliphatic rings. The van der Waals surface area contributed by atoms with Gasteiger partial charge in [-0.15, -0.1) is 0 Å². The van der Waals surface area contributed by atoms with Crippen molar-refractivity contribution in [1.82, 2.24) is 19.5 Å². The molecule has 2 heterocycles. The normalized spacial score (nSPS) is 9.31. The Morgan fingerprint density at radius 1 is 1.50 bits per heavy atom. The smallest absolute Gasteiger partial charge is 0.254 e. The second-order valence-corrected chi connectivity index (χ2v) is 3.42. The van der Waals surface area contributed by atoms with Crippen LogP contribution < -0.4 is 5.56 Å². The quantitative estimate of drug-likeness (QED) is 0.783. The standard InChI is InChI=1S/C7H10N2OS.C3H4N2/c1-2-5-9-6(10)3-4-8-7(9)11;1-2-5-3-4-1/h3-4H,2,5H2,1H3,(H,8,11);1-3H,(H,4,5). The average Bonchev–Trinajstić information content (AvgIpc) is 2.82. The number of hydrogen-bond donors (Lipinski definition) is 2. The predicted octanol–water partition coefficient (Wildman–Crippen LogP) is 1.73. The van der Waals surface area contributed by atoms with Crippen LogP contribution in [0.2, 0.25) is 0 Å². The molecule has 0 amide bonds. The van der Waals surface area contributed by atoms with Crippen molar-refractivity contribution in [1.29, 1.82) is 0 Å². The van der Waals surface area contributed by atoms with E-state index in [4.69, 9.17) is 12.2 Å². The highest BCUT2D eigenvalue weighted by atomic mass is 32.1. The van der Waals surface area contributed by atoms with Crippen molar-refractivity contribution in [2.24, 2.45) is 0 Å². The Labute approximate surface area is 98.2 Å². The zero-order valence-electron chi connectivity index (χ0n) is 9.01. The third-order valence-electron chi connectivity index (χ3n) is 1.80. The van der Waals surface area contributed by atoms with Gasteiger partial charge in [-0.1, -0.05) is 6.92 Å². The van der Waals surface area contributed by atoms with Crippen LogP contribution in [0.15, 0.2) is 35.8 Å².